The van der Waals surface area contributed by atoms with Gasteiger partial charge in [0.05, 0.1) is 6.10 Å². The number of hydrogen-bond acceptors (Lipinski definition) is 6. The van der Waals surface area contributed by atoms with Gasteiger partial charge in [-0.15, -0.1) is 0 Å². The molecule has 1 aliphatic rings. The third-order valence-electron chi connectivity index (χ3n) is 6.30. The highest BCUT2D eigenvalue weighted by Crippen LogP contribution is 2.41. The smallest absolute Gasteiger partial charge is 0.351 e. The Morgan fingerprint density at radius 1 is 1.03 bits per heavy atom. The number of rotatable bonds is 5. The van der Waals surface area contributed by atoms with Crippen molar-refractivity contribution in [1.29, 1.82) is 0 Å². The summed E-state index contributed by atoms with van der Waals surface area (Å²) in [6.07, 6.45) is -1.58. The van der Waals surface area contributed by atoms with Crippen LogP contribution in [0.2, 0.25) is 5.04 Å². The van der Waals surface area contributed by atoms with E-state index < -0.39 is 38.5 Å². The number of ether oxygens (including phenoxy) is 1. The Morgan fingerprint density at radius 2 is 1.58 bits per heavy atom. The zero-order chi connectivity index (χ0) is 23.8. The van der Waals surface area contributed by atoms with E-state index in [1.54, 1.807) is 0 Å². The first-order valence-corrected chi connectivity index (χ1v) is 13.0. The van der Waals surface area contributed by atoms with E-state index in [1.165, 1.54) is 16.8 Å². The summed E-state index contributed by atoms with van der Waals surface area (Å²) in [7, 11) is -2.91. The predicted molar refractivity (Wildman–Crippen MR) is 131 cm³/mol. The fourth-order valence-electron chi connectivity index (χ4n) is 4.73. The molecule has 2 aromatic carbocycles. The molecule has 1 aliphatic heterocycles. The van der Waals surface area contributed by atoms with Crippen molar-refractivity contribution in [2.45, 2.75) is 57.3 Å². The average molecular weight is 466 g/mol. The molecule has 4 rings (SSSR count). The zero-order valence-corrected chi connectivity index (χ0v) is 20.4. The molecule has 1 fully saturated rings. The van der Waals surface area contributed by atoms with Crippen molar-refractivity contribution in [3.63, 3.8) is 0 Å². The quantitative estimate of drug-likeness (QED) is 0.560. The lowest BCUT2D eigenvalue weighted by atomic mass is 10.1. The van der Waals surface area contributed by atoms with Crippen LogP contribution in [0.25, 0.3) is 0 Å². The van der Waals surface area contributed by atoms with Crippen LogP contribution in [0.15, 0.2) is 77.7 Å². The molecule has 1 saturated heterocycles. The first kappa shape index (κ1) is 23.4. The standard InChI is InChI=1S/C25H31N3O4Si/c1-17-22(21(29)23(31-17)28-16-15-20(26)27-24(28)30)32-33(25(2,3)4,18-11-7-5-8-12-18)19-13-9-6-10-14-19/h5-17,21-23,29H,1-4H3,(H2,26,27,30)/t17-,21-,22-,23-/m1/s1. The molecule has 2 heterocycles. The molecule has 0 amide bonds. The highest BCUT2D eigenvalue weighted by atomic mass is 28.4. The molecule has 3 N–H and O–H groups in total. The van der Waals surface area contributed by atoms with E-state index in [0.717, 1.165) is 10.4 Å². The van der Waals surface area contributed by atoms with E-state index in [1.807, 2.05) is 43.3 Å². The second-order valence-electron chi connectivity index (χ2n) is 9.51. The van der Waals surface area contributed by atoms with Crippen molar-refractivity contribution < 1.29 is 14.3 Å². The molecule has 7 nitrogen and oxygen atoms in total. The van der Waals surface area contributed by atoms with Crippen molar-refractivity contribution >= 4 is 24.5 Å². The number of nitrogens with two attached hydrogens (primary N) is 1. The van der Waals surface area contributed by atoms with Crippen molar-refractivity contribution in [1.82, 2.24) is 9.55 Å². The van der Waals surface area contributed by atoms with Gasteiger partial charge >= 0.3 is 5.69 Å². The summed E-state index contributed by atoms with van der Waals surface area (Å²) in [6.45, 7) is 8.40. The lowest BCUT2D eigenvalue weighted by Gasteiger charge is -2.45. The van der Waals surface area contributed by atoms with Crippen molar-refractivity contribution in [3.05, 3.63) is 83.4 Å². The van der Waals surface area contributed by atoms with E-state index in [9.17, 15) is 9.90 Å². The summed E-state index contributed by atoms with van der Waals surface area (Å²) >= 11 is 0. The fourth-order valence-corrected chi connectivity index (χ4v) is 9.48. The van der Waals surface area contributed by atoms with Crippen LogP contribution in [-0.4, -0.2) is 41.3 Å². The summed E-state index contributed by atoms with van der Waals surface area (Å²) in [5.74, 6) is 0.122. The van der Waals surface area contributed by atoms with Crippen LogP contribution in [-0.2, 0) is 9.16 Å². The van der Waals surface area contributed by atoms with E-state index >= 15 is 0 Å². The van der Waals surface area contributed by atoms with Gasteiger partial charge in [0.1, 0.15) is 18.0 Å². The van der Waals surface area contributed by atoms with Crippen LogP contribution in [0.4, 0.5) is 5.82 Å². The van der Waals surface area contributed by atoms with E-state index in [4.69, 9.17) is 14.9 Å². The molecule has 0 aliphatic carbocycles. The Hall–Kier alpha value is -2.78. The fraction of sp³-hybridized carbons (Fsp3) is 0.360. The first-order valence-electron chi connectivity index (χ1n) is 11.1. The highest BCUT2D eigenvalue weighted by molar-refractivity contribution is 6.99. The molecule has 4 atom stereocenters. The van der Waals surface area contributed by atoms with Gasteiger partial charge in [-0.25, -0.2) is 4.79 Å². The topological polar surface area (TPSA) is 99.6 Å². The average Bonchev–Trinajstić information content (AvgIpc) is 3.05. The van der Waals surface area contributed by atoms with Gasteiger partial charge in [0.2, 0.25) is 0 Å². The number of benzene rings is 2. The molecule has 3 aromatic rings. The van der Waals surface area contributed by atoms with E-state index in [-0.39, 0.29) is 10.9 Å². The molecule has 0 radical (unpaired) electrons. The van der Waals surface area contributed by atoms with Crippen LogP contribution in [0.1, 0.15) is 33.9 Å². The van der Waals surface area contributed by atoms with Crippen molar-refractivity contribution in [2.75, 3.05) is 5.73 Å². The number of aromatic nitrogens is 2. The van der Waals surface area contributed by atoms with Crippen LogP contribution in [0, 0.1) is 0 Å². The van der Waals surface area contributed by atoms with Gasteiger partial charge in [-0.3, -0.25) is 4.57 Å². The third-order valence-corrected chi connectivity index (χ3v) is 11.3. The molecule has 0 unspecified atom stereocenters. The van der Waals surface area contributed by atoms with Crippen molar-refractivity contribution in [3.8, 4) is 0 Å². The maximum Gasteiger partial charge on any atom is 0.351 e. The number of aliphatic hydroxyl groups is 1. The zero-order valence-electron chi connectivity index (χ0n) is 19.4. The van der Waals surface area contributed by atoms with E-state index in [2.05, 4.69) is 50.0 Å². The summed E-state index contributed by atoms with van der Waals surface area (Å²) < 4.78 is 14.4. The predicted octanol–water partition coefficient (Wildman–Crippen LogP) is 2.05. The Bertz CT molecular complexity index is 1110. The second-order valence-corrected chi connectivity index (χ2v) is 13.8. The van der Waals surface area contributed by atoms with Gasteiger partial charge in [-0.05, 0) is 28.4 Å². The third kappa shape index (κ3) is 4.15. The first-order chi connectivity index (χ1) is 15.6. The minimum atomic E-state index is -2.91. The lowest BCUT2D eigenvalue weighted by molar-refractivity contribution is -0.0349. The number of hydrogen-bond donors (Lipinski definition) is 2. The molecular formula is C25H31N3O4Si. The Balaban J connectivity index is 1.80. The monoisotopic (exact) mass is 465 g/mol. The van der Waals surface area contributed by atoms with Gasteiger partial charge in [-0.1, -0.05) is 81.4 Å². The molecule has 1 aromatic heterocycles. The molecule has 33 heavy (non-hydrogen) atoms. The summed E-state index contributed by atoms with van der Waals surface area (Å²) in [5.41, 5.74) is 5.06. The van der Waals surface area contributed by atoms with E-state index in [0.29, 0.717) is 0 Å². The van der Waals surface area contributed by atoms with Crippen molar-refractivity contribution in [2.24, 2.45) is 0 Å². The maximum atomic E-state index is 12.4. The Labute approximate surface area is 195 Å². The minimum Gasteiger partial charge on any atom is -0.399 e. The lowest BCUT2D eigenvalue weighted by Crippen LogP contribution is -2.69. The molecule has 0 saturated carbocycles. The van der Waals surface area contributed by atoms with Gasteiger partial charge in [0.25, 0.3) is 8.32 Å². The summed E-state index contributed by atoms with van der Waals surface area (Å²) in [6, 6.07) is 22.0. The number of nitrogens with zero attached hydrogens (tertiary/aromatic N) is 2. The second kappa shape index (κ2) is 8.87. The summed E-state index contributed by atoms with van der Waals surface area (Å²) in [4.78, 5) is 16.2. The number of anilines is 1. The van der Waals surface area contributed by atoms with Crippen LogP contribution < -0.4 is 21.8 Å². The van der Waals surface area contributed by atoms with Gasteiger partial charge in [0.15, 0.2) is 6.23 Å². The van der Waals surface area contributed by atoms with Gasteiger partial charge in [0, 0.05) is 6.20 Å². The highest BCUT2D eigenvalue weighted by Gasteiger charge is 2.55. The van der Waals surface area contributed by atoms with Gasteiger partial charge in [-0.2, -0.15) is 4.98 Å². The number of aliphatic hydroxyl groups excluding tert-OH is 1. The molecule has 0 spiro atoms. The van der Waals surface area contributed by atoms with Gasteiger partial charge < -0.3 is 20.0 Å². The molecule has 174 valence electrons. The molecule has 0 bridgehead atoms. The largest absolute Gasteiger partial charge is 0.399 e. The van der Waals surface area contributed by atoms with Crippen LogP contribution in [0.5, 0.6) is 0 Å². The van der Waals surface area contributed by atoms with Crippen LogP contribution in [0.3, 0.4) is 0 Å². The SMILES string of the molecule is C[C@H]1O[C@@H](n2ccc(N)nc2=O)[C@H](O)[C@@H]1O[Si](c1ccccc1)(c1ccccc1)C(C)(C)C. The minimum absolute atomic E-state index is 0.122. The normalized spacial score (nSPS) is 23.5. The van der Waals surface area contributed by atoms with Crippen LogP contribution >= 0.6 is 0 Å². The molecule has 8 heteroatoms. The summed E-state index contributed by atoms with van der Waals surface area (Å²) in [5, 5.41) is 13.3. The Morgan fingerprint density at radius 3 is 2.06 bits per heavy atom. The number of nitrogen functional groups attached to an aromatic ring is 1. The maximum absolute atomic E-state index is 12.4. The molecular weight excluding hydrogens is 434 g/mol. The Kier molecular flexibility index (Phi) is 6.28.